The van der Waals surface area contributed by atoms with Crippen molar-refractivity contribution in [2.75, 3.05) is 19.3 Å². The van der Waals surface area contributed by atoms with Gasteiger partial charge in [-0.15, -0.1) is 0 Å². The van der Waals surface area contributed by atoms with E-state index in [9.17, 15) is 32.4 Å². The zero-order chi connectivity index (χ0) is 38.2. The van der Waals surface area contributed by atoms with E-state index in [0.717, 1.165) is 51.4 Å². The molecule has 13 nitrogen and oxygen atoms in total. The van der Waals surface area contributed by atoms with Gasteiger partial charge in [0.05, 0.1) is 17.3 Å². The Morgan fingerprint density at radius 2 is 1.48 bits per heavy atom. The van der Waals surface area contributed by atoms with Gasteiger partial charge in [-0.25, -0.2) is 17.5 Å². The minimum absolute atomic E-state index is 0.00644. The van der Waals surface area contributed by atoms with Crippen molar-refractivity contribution in [1.29, 1.82) is 0 Å². The largest absolute Gasteiger partial charge is 0.347 e. The Hall–Kier alpha value is -2.74. The molecule has 1 saturated heterocycles. The van der Waals surface area contributed by atoms with Crippen LogP contribution in [-0.4, -0.2) is 102 Å². The second kappa shape index (κ2) is 15.5. The third-order valence-corrected chi connectivity index (χ3v) is 15.4. The van der Waals surface area contributed by atoms with E-state index >= 15 is 0 Å². The number of carbonyl (C=O) groups is 5. The second-order valence-corrected chi connectivity index (χ2v) is 19.8. The molecule has 0 aromatic rings. The SMILES string of the molecule is CCC[C@H](NC(=O)[C@@H]1[C@@H]2[C@H](CN1C(=O)[C@@H](NC(=O)NC1(CS(=O)(=O)N(C)C(C)C)CCCCC1)C1(C)CCCCC1)C2(C)C)C(=O)C(=O)NC1CC1. The summed E-state index contributed by atoms with van der Waals surface area (Å²) < 4.78 is 28.3. The molecule has 0 bridgehead atoms. The first-order valence-corrected chi connectivity index (χ1v) is 21.5. The van der Waals surface area contributed by atoms with Crippen molar-refractivity contribution in [3.8, 4) is 0 Å². The van der Waals surface area contributed by atoms with E-state index in [2.05, 4.69) is 35.1 Å². The molecular weight excluding hydrogens is 685 g/mol. The molecule has 0 aromatic carbocycles. The van der Waals surface area contributed by atoms with E-state index in [0.29, 0.717) is 45.1 Å². The summed E-state index contributed by atoms with van der Waals surface area (Å²) in [6.45, 7) is 12.1. The van der Waals surface area contributed by atoms with Crippen LogP contribution in [0.5, 0.6) is 0 Å². The minimum atomic E-state index is -3.69. The fourth-order valence-electron chi connectivity index (χ4n) is 9.33. The molecule has 52 heavy (non-hydrogen) atoms. The number of Topliss-reactive ketones (excluding diaryl/α,β-unsaturated/α-hetero) is 1. The summed E-state index contributed by atoms with van der Waals surface area (Å²) in [6.07, 6.45) is 10.4. The predicted octanol–water partition coefficient (Wildman–Crippen LogP) is 3.61. The van der Waals surface area contributed by atoms with E-state index in [4.69, 9.17) is 0 Å². The summed E-state index contributed by atoms with van der Waals surface area (Å²) in [5.41, 5.74) is -1.75. The number of nitrogens with zero attached hydrogens (tertiary/aromatic N) is 2. The van der Waals surface area contributed by atoms with Crippen LogP contribution >= 0.6 is 0 Å². The summed E-state index contributed by atoms with van der Waals surface area (Å²) in [7, 11) is -2.13. The van der Waals surface area contributed by atoms with Crippen LogP contribution in [0.2, 0.25) is 0 Å². The van der Waals surface area contributed by atoms with Crippen LogP contribution < -0.4 is 21.3 Å². The van der Waals surface area contributed by atoms with E-state index < -0.39 is 62.7 Å². The molecule has 14 heteroatoms. The number of hydrogen-bond donors (Lipinski definition) is 4. The molecule has 0 spiro atoms. The number of ketones is 1. The van der Waals surface area contributed by atoms with Crippen LogP contribution in [0.25, 0.3) is 0 Å². The lowest BCUT2D eigenvalue weighted by atomic mass is 9.70. The summed E-state index contributed by atoms with van der Waals surface area (Å²) in [4.78, 5) is 70.7. The maximum Gasteiger partial charge on any atom is 0.315 e. The first kappa shape index (κ1) is 40.4. The molecule has 0 unspecified atom stereocenters. The topological polar surface area (TPSA) is 174 Å². The van der Waals surface area contributed by atoms with Gasteiger partial charge in [0.2, 0.25) is 27.6 Å². The molecule has 5 amide bonds. The molecule has 5 aliphatic rings. The van der Waals surface area contributed by atoms with Gasteiger partial charge in [-0.2, -0.15) is 0 Å². The Labute approximate surface area is 311 Å². The summed E-state index contributed by atoms with van der Waals surface area (Å²) in [5, 5.41) is 11.7. The number of carbonyl (C=O) groups excluding carboxylic acids is 5. The standard InChI is InChI=1S/C38H64N6O7S/c1-8-15-27(30(45)33(47)39-25-16-17-25)40-32(46)29-28-26(36(28,4)5)22-44(29)34(48)31(37(6)18-11-9-12-19-37)41-35(49)42-38(20-13-10-14-21-38)23-52(50,51)43(7)24(2)3/h24-29,31H,8-23H2,1-7H3,(H,39,47)(H,40,46)(H2,41,42,49)/t26-,27-,28-,29-,31+/m0/s1. The van der Waals surface area contributed by atoms with Gasteiger partial charge in [0.15, 0.2) is 0 Å². The highest BCUT2D eigenvalue weighted by Crippen LogP contribution is 2.65. The molecule has 5 fully saturated rings. The van der Waals surface area contributed by atoms with Crippen LogP contribution in [-0.2, 0) is 29.2 Å². The van der Waals surface area contributed by atoms with Gasteiger partial charge in [0.25, 0.3) is 5.91 Å². The number of piperidine rings is 1. The van der Waals surface area contributed by atoms with Crippen LogP contribution in [0.3, 0.4) is 0 Å². The second-order valence-electron chi connectivity index (χ2n) is 17.8. The van der Waals surface area contributed by atoms with Crippen molar-refractivity contribution in [1.82, 2.24) is 30.5 Å². The van der Waals surface area contributed by atoms with Gasteiger partial charge >= 0.3 is 6.03 Å². The number of amides is 5. The molecule has 0 radical (unpaired) electrons. The van der Waals surface area contributed by atoms with Crippen molar-refractivity contribution >= 4 is 39.6 Å². The van der Waals surface area contributed by atoms with Crippen LogP contribution in [0.15, 0.2) is 0 Å². The molecule has 5 atom stereocenters. The third-order valence-electron chi connectivity index (χ3n) is 13.1. The van der Waals surface area contributed by atoms with E-state index in [1.165, 1.54) is 4.31 Å². The third kappa shape index (κ3) is 8.63. The van der Waals surface area contributed by atoms with Gasteiger partial charge in [0, 0.05) is 25.7 Å². The van der Waals surface area contributed by atoms with Crippen molar-refractivity contribution in [2.45, 2.75) is 167 Å². The fourth-order valence-corrected chi connectivity index (χ4v) is 11.2. The van der Waals surface area contributed by atoms with E-state index in [1.807, 2.05) is 27.7 Å². The average molecular weight is 749 g/mol. The monoisotopic (exact) mass is 748 g/mol. The van der Waals surface area contributed by atoms with Crippen molar-refractivity contribution < 1.29 is 32.4 Å². The van der Waals surface area contributed by atoms with Gasteiger partial charge in [0.1, 0.15) is 12.1 Å². The Balaban J connectivity index is 1.38. The van der Waals surface area contributed by atoms with E-state index in [1.54, 1.807) is 11.9 Å². The predicted molar refractivity (Wildman–Crippen MR) is 198 cm³/mol. The molecule has 1 aliphatic heterocycles. The molecule has 4 N–H and O–H groups in total. The first-order valence-electron chi connectivity index (χ1n) is 19.9. The highest BCUT2D eigenvalue weighted by molar-refractivity contribution is 7.89. The fraction of sp³-hybridized carbons (Fsp3) is 0.868. The normalized spacial score (nSPS) is 27.2. The molecule has 1 heterocycles. The zero-order valence-electron chi connectivity index (χ0n) is 32.5. The van der Waals surface area contributed by atoms with Crippen molar-refractivity contribution in [3.05, 3.63) is 0 Å². The number of rotatable bonds is 15. The van der Waals surface area contributed by atoms with Gasteiger partial charge in [-0.1, -0.05) is 72.6 Å². The Morgan fingerprint density at radius 3 is 2.04 bits per heavy atom. The smallest absolute Gasteiger partial charge is 0.315 e. The molecule has 4 saturated carbocycles. The van der Waals surface area contributed by atoms with Crippen LogP contribution in [0.4, 0.5) is 4.79 Å². The van der Waals surface area contributed by atoms with Gasteiger partial charge in [-0.3, -0.25) is 19.2 Å². The first-order chi connectivity index (χ1) is 24.4. The number of hydrogen-bond acceptors (Lipinski definition) is 7. The van der Waals surface area contributed by atoms with Gasteiger partial charge in [-0.05, 0) is 81.5 Å². The molecule has 4 aliphatic carbocycles. The summed E-state index contributed by atoms with van der Waals surface area (Å²) >= 11 is 0. The van der Waals surface area contributed by atoms with E-state index in [-0.39, 0.29) is 41.0 Å². The zero-order valence-corrected chi connectivity index (χ0v) is 33.3. The maximum absolute atomic E-state index is 14.9. The molecular formula is C38H64N6O7S. The lowest BCUT2D eigenvalue weighted by Crippen LogP contribution is -2.65. The summed E-state index contributed by atoms with van der Waals surface area (Å²) in [5.74, 6) is -2.42. The maximum atomic E-state index is 14.9. The molecule has 0 aromatic heterocycles. The Bertz CT molecular complexity index is 1480. The van der Waals surface area contributed by atoms with Crippen LogP contribution in [0.1, 0.15) is 131 Å². The molecule has 5 rings (SSSR count). The van der Waals surface area contributed by atoms with Gasteiger partial charge < -0.3 is 26.2 Å². The van der Waals surface area contributed by atoms with Crippen molar-refractivity contribution in [2.24, 2.45) is 22.7 Å². The number of likely N-dealkylation sites (tertiary alicyclic amines) is 1. The van der Waals surface area contributed by atoms with Crippen LogP contribution in [0, 0.1) is 22.7 Å². The highest BCUT2D eigenvalue weighted by atomic mass is 32.2. The number of urea groups is 1. The Kier molecular flexibility index (Phi) is 12.1. The number of sulfonamides is 1. The van der Waals surface area contributed by atoms with Crippen molar-refractivity contribution in [3.63, 3.8) is 0 Å². The minimum Gasteiger partial charge on any atom is -0.347 e. The highest BCUT2D eigenvalue weighted by Gasteiger charge is 2.70. The summed E-state index contributed by atoms with van der Waals surface area (Å²) in [6, 6.07) is -3.60. The Morgan fingerprint density at radius 1 is 0.885 bits per heavy atom. The number of fused-ring (bicyclic) bond motifs is 1. The lowest BCUT2D eigenvalue weighted by Gasteiger charge is -2.44. The average Bonchev–Trinajstić information content (AvgIpc) is 3.93. The molecule has 294 valence electrons. The number of nitrogens with one attached hydrogen (secondary N) is 4. The quantitative estimate of drug-likeness (QED) is 0.185. The lowest BCUT2D eigenvalue weighted by molar-refractivity contribution is -0.146.